The molecule has 0 unspecified atom stereocenters. The van der Waals surface area contributed by atoms with Crippen molar-refractivity contribution in [3.63, 3.8) is 0 Å². The van der Waals surface area contributed by atoms with Crippen LogP contribution in [0.3, 0.4) is 0 Å². The van der Waals surface area contributed by atoms with Crippen LogP contribution in [0.5, 0.6) is 0 Å². The fourth-order valence-corrected chi connectivity index (χ4v) is 5.76. The molecule has 1 aromatic carbocycles. The van der Waals surface area contributed by atoms with Gasteiger partial charge in [0, 0.05) is 43.4 Å². The SMILES string of the molecule is O=c1c(C2CCCCC2)ccc2n1C[C@@H]1C[C@@H]2CN(Cc2ccccc2)C1. The summed E-state index contributed by atoms with van der Waals surface area (Å²) >= 11 is 0. The van der Waals surface area contributed by atoms with Gasteiger partial charge >= 0.3 is 0 Å². The molecule has 0 spiro atoms. The monoisotopic (exact) mass is 362 g/mol. The molecule has 0 radical (unpaired) electrons. The van der Waals surface area contributed by atoms with E-state index in [0.717, 1.165) is 31.7 Å². The Morgan fingerprint density at radius 2 is 1.67 bits per heavy atom. The van der Waals surface area contributed by atoms with Gasteiger partial charge in [0.2, 0.25) is 0 Å². The molecule has 3 heterocycles. The first kappa shape index (κ1) is 17.2. The number of benzene rings is 1. The molecule has 1 saturated carbocycles. The number of fused-ring (bicyclic) bond motifs is 4. The average Bonchev–Trinajstić information content (AvgIpc) is 2.70. The molecule has 27 heavy (non-hydrogen) atoms. The Morgan fingerprint density at radius 1 is 0.852 bits per heavy atom. The number of hydrogen-bond donors (Lipinski definition) is 0. The molecule has 2 fully saturated rings. The third-order valence-electron chi connectivity index (χ3n) is 7.00. The number of aromatic nitrogens is 1. The average molecular weight is 363 g/mol. The van der Waals surface area contributed by atoms with Crippen molar-refractivity contribution in [3.8, 4) is 0 Å². The zero-order chi connectivity index (χ0) is 18.2. The smallest absolute Gasteiger partial charge is 0.254 e. The molecule has 2 aliphatic heterocycles. The van der Waals surface area contributed by atoms with Crippen molar-refractivity contribution in [1.29, 1.82) is 0 Å². The molecule has 1 saturated heterocycles. The Balaban J connectivity index is 1.39. The fourth-order valence-electron chi connectivity index (χ4n) is 5.76. The normalized spacial score (nSPS) is 25.9. The fraction of sp³-hybridized carbons (Fsp3) is 0.542. The lowest BCUT2D eigenvalue weighted by atomic mass is 9.81. The van der Waals surface area contributed by atoms with E-state index >= 15 is 0 Å². The summed E-state index contributed by atoms with van der Waals surface area (Å²) in [5.41, 5.74) is 4.10. The summed E-state index contributed by atoms with van der Waals surface area (Å²) in [6.45, 7) is 4.13. The zero-order valence-electron chi connectivity index (χ0n) is 16.1. The second-order valence-corrected chi connectivity index (χ2v) is 8.94. The zero-order valence-corrected chi connectivity index (χ0v) is 16.1. The summed E-state index contributed by atoms with van der Waals surface area (Å²) < 4.78 is 2.16. The van der Waals surface area contributed by atoms with Crippen LogP contribution in [0, 0.1) is 5.92 Å². The van der Waals surface area contributed by atoms with E-state index in [0.29, 0.717) is 23.3 Å². The summed E-state index contributed by atoms with van der Waals surface area (Å²) in [5, 5.41) is 0. The maximum Gasteiger partial charge on any atom is 0.254 e. The molecule has 2 bridgehead atoms. The summed E-state index contributed by atoms with van der Waals surface area (Å²) in [6.07, 6.45) is 7.55. The van der Waals surface area contributed by atoms with Gasteiger partial charge in [0.05, 0.1) is 0 Å². The number of nitrogens with zero attached hydrogens (tertiary/aromatic N) is 2. The van der Waals surface area contributed by atoms with E-state index in [1.807, 2.05) is 0 Å². The van der Waals surface area contributed by atoms with Crippen molar-refractivity contribution in [2.24, 2.45) is 5.92 Å². The molecule has 2 aromatic rings. The molecule has 0 N–H and O–H groups in total. The van der Waals surface area contributed by atoms with Gasteiger partial charge in [0.15, 0.2) is 0 Å². The number of likely N-dealkylation sites (tertiary alicyclic amines) is 1. The van der Waals surface area contributed by atoms with Crippen LogP contribution >= 0.6 is 0 Å². The molecule has 0 amide bonds. The Kier molecular flexibility index (Phi) is 4.65. The van der Waals surface area contributed by atoms with Gasteiger partial charge in [-0.15, -0.1) is 0 Å². The summed E-state index contributed by atoms with van der Waals surface area (Å²) in [4.78, 5) is 15.9. The Morgan fingerprint density at radius 3 is 2.48 bits per heavy atom. The first-order valence-corrected chi connectivity index (χ1v) is 10.8. The highest BCUT2D eigenvalue weighted by Gasteiger charge is 2.35. The van der Waals surface area contributed by atoms with Gasteiger partial charge in [-0.25, -0.2) is 0 Å². The third-order valence-corrected chi connectivity index (χ3v) is 7.00. The number of piperidine rings is 1. The Labute approximate surface area is 162 Å². The van der Waals surface area contributed by atoms with E-state index in [2.05, 4.69) is 51.9 Å². The van der Waals surface area contributed by atoms with Crippen molar-refractivity contribution < 1.29 is 0 Å². The second-order valence-electron chi connectivity index (χ2n) is 8.94. The van der Waals surface area contributed by atoms with Crippen LogP contribution in [0.15, 0.2) is 47.3 Å². The lowest BCUT2D eigenvalue weighted by molar-refractivity contribution is 0.114. The summed E-state index contributed by atoms with van der Waals surface area (Å²) in [5.74, 6) is 1.62. The van der Waals surface area contributed by atoms with Crippen molar-refractivity contribution >= 4 is 0 Å². The van der Waals surface area contributed by atoms with Crippen LogP contribution in [0.1, 0.15) is 67.2 Å². The van der Waals surface area contributed by atoms with E-state index in [-0.39, 0.29) is 0 Å². The van der Waals surface area contributed by atoms with Crippen LogP contribution in [0.25, 0.3) is 0 Å². The largest absolute Gasteiger partial charge is 0.312 e. The summed E-state index contributed by atoms with van der Waals surface area (Å²) in [6, 6.07) is 15.3. The van der Waals surface area contributed by atoms with E-state index in [1.54, 1.807) is 0 Å². The molecule has 3 aliphatic rings. The predicted molar refractivity (Wildman–Crippen MR) is 109 cm³/mol. The Bertz CT molecular complexity index is 850. The highest BCUT2D eigenvalue weighted by Crippen LogP contribution is 2.37. The highest BCUT2D eigenvalue weighted by atomic mass is 16.1. The molecule has 3 nitrogen and oxygen atoms in total. The van der Waals surface area contributed by atoms with E-state index in [4.69, 9.17) is 0 Å². The maximum absolute atomic E-state index is 13.3. The minimum absolute atomic E-state index is 0.325. The molecule has 2 atom stereocenters. The second kappa shape index (κ2) is 7.27. The van der Waals surface area contributed by atoms with Gasteiger partial charge in [-0.05, 0) is 42.7 Å². The molecule has 1 aliphatic carbocycles. The van der Waals surface area contributed by atoms with Crippen molar-refractivity contribution in [1.82, 2.24) is 9.47 Å². The van der Waals surface area contributed by atoms with Gasteiger partial charge in [-0.1, -0.05) is 55.7 Å². The molecule has 3 heteroatoms. The number of rotatable bonds is 3. The van der Waals surface area contributed by atoms with Gasteiger partial charge in [-0.3, -0.25) is 9.69 Å². The molecular formula is C24H30N2O. The van der Waals surface area contributed by atoms with Crippen LogP contribution in [0.4, 0.5) is 0 Å². The lowest BCUT2D eigenvalue weighted by Crippen LogP contribution is -2.47. The Hall–Kier alpha value is -1.87. The van der Waals surface area contributed by atoms with E-state index < -0.39 is 0 Å². The van der Waals surface area contributed by atoms with E-state index in [9.17, 15) is 4.79 Å². The van der Waals surface area contributed by atoms with Gasteiger partial charge in [-0.2, -0.15) is 0 Å². The summed E-state index contributed by atoms with van der Waals surface area (Å²) in [7, 11) is 0. The molecule has 5 rings (SSSR count). The predicted octanol–water partition coefficient (Wildman–Crippen LogP) is 4.52. The molecule has 1 aromatic heterocycles. The van der Waals surface area contributed by atoms with Gasteiger partial charge in [0.25, 0.3) is 5.56 Å². The number of hydrogen-bond acceptors (Lipinski definition) is 2. The topological polar surface area (TPSA) is 25.2 Å². The standard InChI is InChI=1S/C24H30N2O/c27-24-22(20-9-5-2-6-10-20)11-12-23-21-13-19(16-26(23)24)15-25(17-21)14-18-7-3-1-4-8-18/h1,3-4,7-8,11-12,19-21H,2,5-6,9-10,13-17H2/t19-,21-/m1/s1. The van der Waals surface area contributed by atoms with Gasteiger partial charge in [0.1, 0.15) is 0 Å². The van der Waals surface area contributed by atoms with Crippen LogP contribution in [-0.2, 0) is 13.1 Å². The minimum Gasteiger partial charge on any atom is -0.312 e. The lowest BCUT2D eigenvalue weighted by Gasteiger charge is -2.43. The van der Waals surface area contributed by atoms with Crippen LogP contribution in [-0.4, -0.2) is 22.6 Å². The van der Waals surface area contributed by atoms with Crippen LogP contribution in [0.2, 0.25) is 0 Å². The first-order valence-electron chi connectivity index (χ1n) is 10.8. The molecular weight excluding hydrogens is 332 g/mol. The van der Waals surface area contributed by atoms with Gasteiger partial charge < -0.3 is 4.57 Å². The van der Waals surface area contributed by atoms with Crippen molar-refractivity contribution in [2.45, 2.75) is 63.5 Å². The van der Waals surface area contributed by atoms with Crippen molar-refractivity contribution in [2.75, 3.05) is 13.1 Å². The highest BCUT2D eigenvalue weighted by molar-refractivity contribution is 5.25. The molecule has 142 valence electrons. The number of pyridine rings is 1. The third kappa shape index (κ3) is 3.38. The van der Waals surface area contributed by atoms with Crippen molar-refractivity contribution in [3.05, 3.63) is 69.6 Å². The van der Waals surface area contributed by atoms with Crippen LogP contribution < -0.4 is 5.56 Å². The quantitative estimate of drug-likeness (QED) is 0.802. The first-order chi connectivity index (χ1) is 13.3. The maximum atomic E-state index is 13.3. The van der Waals surface area contributed by atoms with E-state index in [1.165, 1.54) is 49.8 Å². The minimum atomic E-state index is 0.325.